The Morgan fingerprint density at radius 1 is 1.37 bits per heavy atom. The Labute approximate surface area is 113 Å². The van der Waals surface area contributed by atoms with Crippen LogP contribution in [0, 0.1) is 18.7 Å². The van der Waals surface area contributed by atoms with E-state index in [9.17, 15) is 4.39 Å². The van der Waals surface area contributed by atoms with Gasteiger partial charge in [0.15, 0.2) is 0 Å². The fraction of sp³-hybridized carbons (Fsp3) is 0.400. The first kappa shape index (κ1) is 13.7. The Morgan fingerprint density at radius 2 is 2.11 bits per heavy atom. The molecule has 0 aliphatic rings. The van der Waals surface area contributed by atoms with Gasteiger partial charge in [0.1, 0.15) is 5.82 Å². The first-order chi connectivity index (χ1) is 8.99. The molecule has 0 saturated heterocycles. The molecule has 2 aromatic rings. The summed E-state index contributed by atoms with van der Waals surface area (Å²) in [5, 5.41) is 0. The molecule has 0 saturated carbocycles. The summed E-state index contributed by atoms with van der Waals surface area (Å²) in [7, 11) is 0. The van der Waals surface area contributed by atoms with Crippen LogP contribution in [0.3, 0.4) is 0 Å². The molecule has 1 aromatic heterocycles. The summed E-state index contributed by atoms with van der Waals surface area (Å²) >= 11 is 0. The van der Waals surface area contributed by atoms with Crippen LogP contribution >= 0.6 is 0 Å². The lowest BCUT2D eigenvalue weighted by Gasteiger charge is -2.17. The lowest BCUT2D eigenvalue weighted by molar-refractivity contribution is 0.497. The van der Waals surface area contributed by atoms with Gasteiger partial charge in [-0.3, -0.25) is 0 Å². The Morgan fingerprint density at radius 3 is 2.74 bits per heavy atom. The van der Waals surface area contributed by atoms with Crippen molar-refractivity contribution in [3.05, 3.63) is 47.8 Å². The monoisotopic (exact) mass is 261 g/mol. The molecule has 0 aliphatic carbocycles. The molecule has 0 bridgehead atoms. The van der Waals surface area contributed by atoms with E-state index in [4.69, 9.17) is 5.73 Å². The molecule has 0 aliphatic heterocycles. The number of nitrogens with zero attached hydrogens (tertiary/aromatic N) is 2. The van der Waals surface area contributed by atoms with Crippen molar-refractivity contribution in [3.63, 3.8) is 0 Å². The second-order valence-electron chi connectivity index (χ2n) is 5.36. The molecule has 2 rings (SSSR count). The lowest BCUT2D eigenvalue weighted by atomic mass is 10.0. The van der Waals surface area contributed by atoms with Gasteiger partial charge in [0, 0.05) is 11.7 Å². The highest BCUT2D eigenvalue weighted by atomic mass is 19.1. The molecule has 3 nitrogen and oxygen atoms in total. The van der Waals surface area contributed by atoms with Crippen LogP contribution in [-0.4, -0.2) is 9.55 Å². The maximum atomic E-state index is 13.2. The molecule has 4 heteroatoms. The fourth-order valence-corrected chi connectivity index (χ4v) is 2.30. The zero-order valence-corrected chi connectivity index (χ0v) is 11.6. The van der Waals surface area contributed by atoms with E-state index in [1.165, 1.54) is 12.1 Å². The molecule has 1 aromatic carbocycles. The van der Waals surface area contributed by atoms with E-state index in [0.29, 0.717) is 5.92 Å². The molecule has 2 N–H and O–H groups in total. The van der Waals surface area contributed by atoms with E-state index in [-0.39, 0.29) is 11.9 Å². The molecular weight excluding hydrogens is 241 g/mol. The van der Waals surface area contributed by atoms with Gasteiger partial charge in [0.25, 0.3) is 0 Å². The van der Waals surface area contributed by atoms with Gasteiger partial charge in [0.2, 0.25) is 0 Å². The molecular formula is C15H20FN3. The van der Waals surface area contributed by atoms with E-state index >= 15 is 0 Å². The van der Waals surface area contributed by atoms with Crippen molar-refractivity contribution in [2.45, 2.75) is 33.2 Å². The number of hydrogen-bond acceptors (Lipinski definition) is 2. The van der Waals surface area contributed by atoms with Gasteiger partial charge in [0.05, 0.1) is 18.2 Å². The van der Waals surface area contributed by atoms with Gasteiger partial charge < -0.3 is 10.3 Å². The standard InChI is InChI=1S/C15H20FN3/c1-10(2)6-13(17)15-8-18-9-19(15)14-5-4-12(16)7-11(14)3/h4-5,7-10,13H,6,17H2,1-3H3. The second-order valence-corrected chi connectivity index (χ2v) is 5.36. The zero-order chi connectivity index (χ0) is 14.0. The molecule has 1 heterocycles. The van der Waals surface area contributed by atoms with Crippen LogP contribution in [0.1, 0.15) is 37.6 Å². The summed E-state index contributed by atoms with van der Waals surface area (Å²) in [6.45, 7) is 6.17. The highest BCUT2D eigenvalue weighted by molar-refractivity contribution is 5.42. The topological polar surface area (TPSA) is 43.8 Å². The second kappa shape index (κ2) is 5.53. The van der Waals surface area contributed by atoms with Crippen molar-refractivity contribution < 1.29 is 4.39 Å². The summed E-state index contributed by atoms with van der Waals surface area (Å²) in [5.41, 5.74) is 8.98. The van der Waals surface area contributed by atoms with Crippen LogP contribution in [0.2, 0.25) is 0 Å². The van der Waals surface area contributed by atoms with Crippen LogP contribution in [0.4, 0.5) is 4.39 Å². The maximum Gasteiger partial charge on any atom is 0.123 e. The minimum absolute atomic E-state index is 0.0630. The molecule has 102 valence electrons. The van der Waals surface area contributed by atoms with Gasteiger partial charge >= 0.3 is 0 Å². The van der Waals surface area contributed by atoms with Crippen molar-refractivity contribution in [1.82, 2.24) is 9.55 Å². The highest BCUT2D eigenvalue weighted by Gasteiger charge is 2.15. The number of aryl methyl sites for hydroxylation is 1. The van der Waals surface area contributed by atoms with Crippen molar-refractivity contribution in [3.8, 4) is 5.69 Å². The molecule has 19 heavy (non-hydrogen) atoms. The molecule has 0 radical (unpaired) electrons. The maximum absolute atomic E-state index is 13.2. The Bertz CT molecular complexity index is 560. The SMILES string of the molecule is Cc1cc(F)ccc1-n1cncc1C(N)CC(C)C. The van der Waals surface area contributed by atoms with Crippen LogP contribution in [-0.2, 0) is 0 Å². The number of rotatable bonds is 4. The van der Waals surface area contributed by atoms with Crippen LogP contribution in [0.15, 0.2) is 30.7 Å². The van der Waals surface area contributed by atoms with E-state index in [0.717, 1.165) is 23.4 Å². The number of benzene rings is 1. The Hall–Kier alpha value is -1.68. The molecule has 1 atom stereocenters. The van der Waals surface area contributed by atoms with Gasteiger partial charge in [-0.05, 0) is 43.0 Å². The molecule has 0 fully saturated rings. The normalized spacial score (nSPS) is 12.9. The zero-order valence-electron chi connectivity index (χ0n) is 11.6. The van der Waals surface area contributed by atoms with Crippen molar-refractivity contribution in [2.24, 2.45) is 11.7 Å². The van der Waals surface area contributed by atoms with Crippen molar-refractivity contribution in [2.75, 3.05) is 0 Å². The number of imidazole rings is 1. The van der Waals surface area contributed by atoms with Crippen LogP contribution in [0.5, 0.6) is 0 Å². The first-order valence-corrected chi connectivity index (χ1v) is 6.53. The van der Waals surface area contributed by atoms with Gasteiger partial charge in [-0.1, -0.05) is 13.8 Å². The smallest absolute Gasteiger partial charge is 0.123 e. The first-order valence-electron chi connectivity index (χ1n) is 6.53. The summed E-state index contributed by atoms with van der Waals surface area (Å²) < 4.78 is 15.1. The van der Waals surface area contributed by atoms with E-state index in [1.807, 2.05) is 11.5 Å². The molecule has 1 unspecified atom stereocenters. The summed E-state index contributed by atoms with van der Waals surface area (Å²) in [4.78, 5) is 4.18. The predicted molar refractivity (Wildman–Crippen MR) is 74.6 cm³/mol. The Balaban J connectivity index is 2.38. The van der Waals surface area contributed by atoms with Crippen molar-refractivity contribution in [1.29, 1.82) is 0 Å². The van der Waals surface area contributed by atoms with Gasteiger partial charge in [-0.15, -0.1) is 0 Å². The molecule has 0 spiro atoms. The summed E-state index contributed by atoms with van der Waals surface area (Å²) in [6, 6.07) is 4.68. The number of halogens is 1. The number of aromatic nitrogens is 2. The van der Waals surface area contributed by atoms with Crippen molar-refractivity contribution >= 4 is 0 Å². The quantitative estimate of drug-likeness (QED) is 0.917. The summed E-state index contributed by atoms with van der Waals surface area (Å²) in [5.74, 6) is 0.294. The number of nitrogens with two attached hydrogens (primary N) is 1. The minimum Gasteiger partial charge on any atom is -0.323 e. The highest BCUT2D eigenvalue weighted by Crippen LogP contribution is 2.23. The molecule has 0 amide bonds. The van der Waals surface area contributed by atoms with Crippen LogP contribution < -0.4 is 5.73 Å². The van der Waals surface area contributed by atoms with E-state index in [1.54, 1.807) is 18.6 Å². The third-order valence-electron chi connectivity index (χ3n) is 3.19. The van der Waals surface area contributed by atoms with E-state index in [2.05, 4.69) is 18.8 Å². The third kappa shape index (κ3) is 3.01. The largest absolute Gasteiger partial charge is 0.323 e. The fourth-order valence-electron chi connectivity index (χ4n) is 2.30. The average Bonchev–Trinajstić information content (AvgIpc) is 2.76. The van der Waals surface area contributed by atoms with Gasteiger partial charge in [-0.2, -0.15) is 0 Å². The third-order valence-corrected chi connectivity index (χ3v) is 3.19. The predicted octanol–water partition coefficient (Wildman–Crippen LogP) is 3.37. The Kier molecular flexibility index (Phi) is 4.00. The lowest BCUT2D eigenvalue weighted by Crippen LogP contribution is -2.17. The number of hydrogen-bond donors (Lipinski definition) is 1. The van der Waals surface area contributed by atoms with E-state index < -0.39 is 0 Å². The summed E-state index contributed by atoms with van der Waals surface area (Å²) in [6.07, 6.45) is 4.41. The van der Waals surface area contributed by atoms with Gasteiger partial charge in [-0.25, -0.2) is 9.37 Å². The average molecular weight is 261 g/mol. The minimum atomic E-state index is -0.227. The van der Waals surface area contributed by atoms with Crippen LogP contribution in [0.25, 0.3) is 5.69 Å².